The molecule has 0 spiro atoms. The maximum absolute atomic E-state index is 3.44. The Morgan fingerprint density at radius 3 is 1.84 bits per heavy atom. The van der Waals surface area contributed by atoms with Crippen LogP contribution in [0.25, 0.3) is 5.57 Å². The Kier molecular flexibility index (Phi) is 10.9. The van der Waals surface area contributed by atoms with Crippen LogP contribution in [0.1, 0.15) is 118 Å². The quantitative estimate of drug-likeness (QED) is 0.233. The Hall–Kier alpha value is -2.32. The molecule has 8 rings (SSSR count). The van der Waals surface area contributed by atoms with Crippen molar-refractivity contribution in [2.24, 2.45) is 38.9 Å². The van der Waals surface area contributed by atoms with Gasteiger partial charge >= 0.3 is 331 Å². The molecule has 5 aliphatic rings. The fourth-order valence-electron chi connectivity index (χ4n) is 12.2. The minimum absolute atomic E-state index is 0. The Labute approximate surface area is 353 Å². The van der Waals surface area contributed by atoms with Gasteiger partial charge in [0.25, 0.3) is 0 Å². The third-order valence-corrected chi connectivity index (χ3v) is 31.3. The molecule has 0 heterocycles. The van der Waals surface area contributed by atoms with E-state index in [0.29, 0.717) is 11.8 Å². The second kappa shape index (κ2) is 14.2. The molecule has 55 heavy (non-hydrogen) atoms. The third kappa shape index (κ3) is 5.69. The van der Waals surface area contributed by atoms with Crippen LogP contribution in [-0.2, 0) is 27.4 Å². The van der Waals surface area contributed by atoms with Crippen molar-refractivity contribution in [3.8, 4) is 0 Å². The van der Waals surface area contributed by atoms with E-state index in [1.54, 1.807) is 23.3 Å². The van der Waals surface area contributed by atoms with Gasteiger partial charge in [-0.25, -0.2) is 0 Å². The summed E-state index contributed by atoms with van der Waals surface area (Å²) < 4.78 is 3.44. The Balaban J connectivity index is 0.00000257. The molecule has 0 aromatic heterocycles. The molecule has 4 unspecified atom stereocenters. The van der Waals surface area contributed by atoms with E-state index in [1.165, 1.54) is 34.2 Å². The molecule has 0 amide bonds. The van der Waals surface area contributed by atoms with Crippen LogP contribution in [0.5, 0.6) is 0 Å². The monoisotopic (exact) mass is 936 g/mol. The first-order chi connectivity index (χ1) is 24.9. The van der Waals surface area contributed by atoms with Crippen molar-refractivity contribution in [2.45, 2.75) is 106 Å². The molecule has 0 aliphatic heterocycles. The van der Waals surface area contributed by atoms with E-state index in [-0.39, 0.29) is 55.1 Å². The second-order valence-electron chi connectivity index (χ2n) is 20.0. The zero-order valence-electron chi connectivity index (χ0n) is 35.4. The van der Waals surface area contributed by atoms with E-state index >= 15 is 0 Å². The number of fused-ring (bicyclic) bond motifs is 6. The van der Waals surface area contributed by atoms with E-state index < -0.39 is 21.0 Å². The summed E-state index contributed by atoms with van der Waals surface area (Å²) in [5.41, 5.74) is 14.3. The molecule has 3 aromatic rings. The number of hydrogen-bond donors (Lipinski definition) is 0. The average molecular weight is 936 g/mol. The average Bonchev–Trinajstić information content (AvgIpc) is 3.71. The van der Waals surface area contributed by atoms with Crippen LogP contribution in [0, 0.1) is 38.9 Å². The Morgan fingerprint density at radius 2 is 1.27 bits per heavy atom. The third-order valence-electron chi connectivity index (χ3n) is 16.5. The van der Waals surface area contributed by atoms with Gasteiger partial charge in [-0.2, -0.15) is 0 Å². The Bertz CT molecular complexity index is 2160. The SMILES string of the molecule is CC1C=C(C(C)(C)C)C=[C]1[Hf+2](=[C](c1ccccc1)c1ccccc1)[C]1(C)C2=C3Cc4ccccc4C3=C3C=CCCC3C2(C)C(C)(C)C(C)(C)C1(C)C.[Cl-].[Cl-]. The molecule has 0 radical (unpaired) electrons. The molecule has 3 aromatic carbocycles. The first-order valence-electron chi connectivity index (χ1n) is 20.4. The number of benzene rings is 3. The van der Waals surface area contributed by atoms with Gasteiger partial charge in [-0.1, -0.05) is 0 Å². The van der Waals surface area contributed by atoms with Crippen molar-refractivity contribution in [3.05, 3.63) is 157 Å². The zero-order valence-corrected chi connectivity index (χ0v) is 40.5. The van der Waals surface area contributed by atoms with Gasteiger partial charge in [-0.15, -0.1) is 0 Å². The summed E-state index contributed by atoms with van der Waals surface area (Å²) >= 11 is -3.44. The van der Waals surface area contributed by atoms with Gasteiger partial charge in [0.2, 0.25) is 0 Å². The molecule has 0 saturated heterocycles. The molecular weight excluding hydrogens is 874 g/mol. The number of allylic oxidation sites excluding steroid dienone is 10. The van der Waals surface area contributed by atoms with Gasteiger partial charge in [-0.05, 0) is 0 Å². The van der Waals surface area contributed by atoms with Gasteiger partial charge in [-0.3, -0.25) is 0 Å². The minimum Gasteiger partial charge on any atom is -1.00 e. The van der Waals surface area contributed by atoms with Crippen LogP contribution in [0.15, 0.2) is 135 Å². The maximum Gasteiger partial charge on any atom is -1.00 e. The molecule has 4 atom stereocenters. The van der Waals surface area contributed by atoms with Crippen molar-refractivity contribution in [1.29, 1.82) is 0 Å². The van der Waals surface area contributed by atoms with Crippen LogP contribution in [-0.4, -0.2) is 3.26 Å². The van der Waals surface area contributed by atoms with Crippen LogP contribution < -0.4 is 24.8 Å². The van der Waals surface area contributed by atoms with Crippen molar-refractivity contribution < 1.29 is 45.8 Å². The van der Waals surface area contributed by atoms with E-state index in [2.05, 4.69) is 192 Å². The molecule has 1 saturated carbocycles. The smallest absolute Gasteiger partial charge is 1.00 e. The Morgan fingerprint density at radius 1 is 0.709 bits per heavy atom. The van der Waals surface area contributed by atoms with Gasteiger partial charge in [0.05, 0.1) is 0 Å². The van der Waals surface area contributed by atoms with Gasteiger partial charge in [0, 0.05) is 0 Å². The largest absolute Gasteiger partial charge is 1.00 e. The normalized spacial score (nSPS) is 27.9. The number of rotatable bonds is 4. The standard InChI is InChI=1S/C29H37.C13H10.C10H15.2ClH.Hf/c1-18-25-22-17-19-13-9-10-14-20(19)24(22)21-15-11-12-16-23(21)29(25,8)28(6,7)27(4,5)26(18,2)3;1-3-7-12(8-4-1)11-13-9-5-2-6-10-13;1-8-5-6-9(7-8)10(2,3)4;;;/h9-11,13-15,23H,12,16-17H2,1-8H3;1-10H;6-8H,1-4H3;2*1H;/q;;;;;+2/p-2. The van der Waals surface area contributed by atoms with Gasteiger partial charge in [0.15, 0.2) is 0 Å². The predicted octanol–water partition coefficient (Wildman–Crippen LogP) is 7.95. The van der Waals surface area contributed by atoms with E-state index in [4.69, 9.17) is 0 Å². The molecule has 0 N–H and O–H groups in total. The fraction of sp³-hybridized carbons (Fsp3) is 0.442. The molecular formula is C52H62Cl2Hf. The van der Waals surface area contributed by atoms with Crippen LogP contribution in [0.4, 0.5) is 0 Å². The number of hydrogen-bond acceptors (Lipinski definition) is 0. The van der Waals surface area contributed by atoms with Crippen LogP contribution in [0.3, 0.4) is 0 Å². The summed E-state index contributed by atoms with van der Waals surface area (Å²) in [4.78, 5) is 0. The van der Waals surface area contributed by atoms with Crippen molar-refractivity contribution in [2.75, 3.05) is 0 Å². The summed E-state index contributed by atoms with van der Waals surface area (Å²) in [6.07, 6.45) is 13.9. The van der Waals surface area contributed by atoms with E-state index in [1.807, 2.05) is 5.57 Å². The van der Waals surface area contributed by atoms with Crippen molar-refractivity contribution in [1.82, 2.24) is 0 Å². The maximum atomic E-state index is 2.85. The van der Waals surface area contributed by atoms with Gasteiger partial charge in [0.1, 0.15) is 0 Å². The van der Waals surface area contributed by atoms with Crippen LogP contribution in [0.2, 0.25) is 3.17 Å². The molecule has 0 bridgehead atoms. The first-order valence-corrected chi connectivity index (χ1v) is 25.8. The second-order valence-corrected chi connectivity index (χ2v) is 30.2. The minimum atomic E-state index is -3.44. The van der Waals surface area contributed by atoms with Gasteiger partial charge < -0.3 is 24.8 Å². The van der Waals surface area contributed by atoms with Crippen molar-refractivity contribution in [3.63, 3.8) is 0 Å². The van der Waals surface area contributed by atoms with Crippen molar-refractivity contribution >= 4 is 8.83 Å². The fourth-order valence-corrected chi connectivity index (χ4v) is 29.1. The van der Waals surface area contributed by atoms with E-state index in [0.717, 1.165) is 12.8 Å². The number of halogens is 2. The summed E-state index contributed by atoms with van der Waals surface area (Å²) in [6.45, 7) is 31.6. The molecule has 288 valence electrons. The molecule has 0 nitrogen and oxygen atoms in total. The summed E-state index contributed by atoms with van der Waals surface area (Å²) in [6, 6.07) is 32.8. The topological polar surface area (TPSA) is 0 Å². The molecule has 1 fully saturated rings. The predicted molar refractivity (Wildman–Crippen MR) is 225 cm³/mol. The summed E-state index contributed by atoms with van der Waals surface area (Å²) in [5.74, 6) is 0.906. The van der Waals surface area contributed by atoms with Crippen LogP contribution >= 0.6 is 0 Å². The molecule has 5 aliphatic carbocycles. The molecule has 3 heteroatoms. The summed E-state index contributed by atoms with van der Waals surface area (Å²) in [5, 5.41) is 0. The van der Waals surface area contributed by atoms with E-state index in [9.17, 15) is 0 Å². The first kappa shape index (κ1) is 42.3. The zero-order chi connectivity index (χ0) is 37.9. The summed E-state index contributed by atoms with van der Waals surface area (Å²) in [7, 11) is 0.